The topological polar surface area (TPSA) is 58.6 Å². The van der Waals surface area contributed by atoms with E-state index in [4.69, 9.17) is 4.74 Å². The van der Waals surface area contributed by atoms with E-state index in [2.05, 4.69) is 21.2 Å². The molecular weight excluding hydrogens is 310 g/mol. The number of rotatable bonds is 1. The zero-order valence-corrected chi connectivity index (χ0v) is 12.8. The first-order valence-electron chi connectivity index (χ1n) is 6.23. The van der Waals surface area contributed by atoms with Crippen molar-refractivity contribution in [3.63, 3.8) is 0 Å². The number of fused-ring (bicyclic) bond motifs is 1. The summed E-state index contributed by atoms with van der Waals surface area (Å²) in [6.07, 6.45) is -0.529. The van der Waals surface area contributed by atoms with E-state index in [0.717, 1.165) is 15.6 Å². The molecule has 0 aliphatic heterocycles. The number of amides is 1. The van der Waals surface area contributed by atoms with Gasteiger partial charge in [-0.3, -0.25) is 0 Å². The van der Waals surface area contributed by atoms with Gasteiger partial charge in [-0.05, 0) is 44.0 Å². The molecule has 2 N–H and O–H groups in total. The van der Waals surface area contributed by atoms with E-state index in [1.807, 2.05) is 39.0 Å². The van der Waals surface area contributed by atoms with E-state index < -0.39 is 17.8 Å². The number of aliphatic hydroxyl groups is 1. The van der Waals surface area contributed by atoms with Crippen LogP contribution in [0.2, 0.25) is 0 Å². The number of ether oxygens (including phenoxy) is 1. The molecule has 0 saturated heterocycles. The van der Waals surface area contributed by atoms with Crippen molar-refractivity contribution in [3.05, 3.63) is 33.8 Å². The molecule has 2 rings (SSSR count). The maximum Gasteiger partial charge on any atom is 0.408 e. The van der Waals surface area contributed by atoms with Gasteiger partial charge in [0.1, 0.15) is 5.60 Å². The second-order valence-corrected chi connectivity index (χ2v) is 6.64. The number of alkyl carbamates (subject to hydrolysis) is 1. The van der Waals surface area contributed by atoms with Crippen molar-refractivity contribution in [1.29, 1.82) is 0 Å². The molecule has 104 valence electrons. The molecule has 0 fully saturated rings. The Hall–Kier alpha value is -1.07. The summed E-state index contributed by atoms with van der Waals surface area (Å²) in [6, 6.07) is 5.50. The van der Waals surface area contributed by atoms with Crippen molar-refractivity contribution in [2.45, 2.75) is 44.9 Å². The van der Waals surface area contributed by atoms with Crippen LogP contribution in [-0.4, -0.2) is 16.8 Å². The molecule has 1 aromatic carbocycles. The summed E-state index contributed by atoms with van der Waals surface area (Å²) in [5, 5.41) is 12.8. The van der Waals surface area contributed by atoms with Crippen LogP contribution in [0.5, 0.6) is 0 Å². The van der Waals surface area contributed by atoms with Crippen LogP contribution < -0.4 is 5.32 Å². The highest BCUT2D eigenvalue weighted by Crippen LogP contribution is 2.39. The fourth-order valence-corrected chi connectivity index (χ4v) is 2.59. The van der Waals surface area contributed by atoms with E-state index in [9.17, 15) is 9.90 Å². The van der Waals surface area contributed by atoms with Crippen LogP contribution in [0, 0.1) is 0 Å². The van der Waals surface area contributed by atoms with Crippen LogP contribution in [0.4, 0.5) is 4.79 Å². The summed E-state index contributed by atoms with van der Waals surface area (Å²) < 4.78 is 6.15. The lowest BCUT2D eigenvalue weighted by molar-refractivity contribution is 0.0493. The number of nitrogens with one attached hydrogen (secondary N) is 1. The Labute approximate surface area is 121 Å². The molecule has 1 aromatic rings. The van der Waals surface area contributed by atoms with Crippen molar-refractivity contribution in [1.82, 2.24) is 5.32 Å². The van der Waals surface area contributed by atoms with Gasteiger partial charge in [0, 0.05) is 10.9 Å². The van der Waals surface area contributed by atoms with Crippen LogP contribution in [0.15, 0.2) is 22.7 Å². The molecule has 1 aliphatic carbocycles. The Morgan fingerprint density at radius 3 is 2.74 bits per heavy atom. The molecule has 1 amide bonds. The molecule has 0 saturated carbocycles. The van der Waals surface area contributed by atoms with Crippen molar-refractivity contribution in [3.8, 4) is 0 Å². The number of hydrogen-bond donors (Lipinski definition) is 2. The molecule has 0 radical (unpaired) electrons. The maximum absolute atomic E-state index is 11.8. The lowest BCUT2D eigenvalue weighted by Gasteiger charge is -2.22. The van der Waals surface area contributed by atoms with Crippen LogP contribution in [0.25, 0.3) is 0 Å². The van der Waals surface area contributed by atoms with Gasteiger partial charge in [0.25, 0.3) is 0 Å². The van der Waals surface area contributed by atoms with Crippen molar-refractivity contribution >= 4 is 22.0 Å². The fraction of sp³-hybridized carbons (Fsp3) is 0.500. The molecule has 0 aromatic heterocycles. The average molecular weight is 328 g/mol. The summed E-state index contributed by atoms with van der Waals surface area (Å²) in [4.78, 5) is 11.8. The minimum Gasteiger partial charge on any atom is -0.444 e. The van der Waals surface area contributed by atoms with Gasteiger partial charge in [-0.1, -0.05) is 22.0 Å². The molecule has 5 heteroatoms. The quantitative estimate of drug-likeness (QED) is 0.830. The Balaban J connectivity index is 2.11. The molecule has 4 nitrogen and oxygen atoms in total. The molecule has 1 aliphatic rings. The third-order valence-corrected chi connectivity index (χ3v) is 3.43. The Kier molecular flexibility index (Phi) is 3.87. The minimum atomic E-state index is -0.549. The highest BCUT2D eigenvalue weighted by molar-refractivity contribution is 9.10. The van der Waals surface area contributed by atoms with Gasteiger partial charge in [0.05, 0.1) is 12.1 Å². The van der Waals surface area contributed by atoms with Crippen LogP contribution in [-0.2, 0) is 4.74 Å². The van der Waals surface area contributed by atoms with Crippen LogP contribution in [0.3, 0.4) is 0 Å². The minimum absolute atomic E-state index is 0.201. The summed E-state index contributed by atoms with van der Waals surface area (Å²) >= 11 is 3.38. The van der Waals surface area contributed by atoms with E-state index in [1.54, 1.807) is 0 Å². The van der Waals surface area contributed by atoms with E-state index in [0.29, 0.717) is 6.42 Å². The molecule has 1 unspecified atom stereocenters. The Morgan fingerprint density at radius 1 is 1.42 bits per heavy atom. The normalized spacial score (nSPS) is 21.9. The SMILES string of the molecule is CC(C)(C)OC(=O)N[C@H]1CC(O)c2cc(Br)ccc21. The van der Waals surface area contributed by atoms with Gasteiger partial charge in [0.2, 0.25) is 0 Å². The van der Waals surface area contributed by atoms with E-state index >= 15 is 0 Å². The highest BCUT2D eigenvalue weighted by atomic mass is 79.9. The third-order valence-electron chi connectivity index (χ3n) is 2.93. The monoisotopic (exact) mass is 327 g/mol. The second-order valence-electron chi connectivity index (χ2n) is 5.72. The second kappa shape index (κ2) is 5.13. The predicted octanol–water partition coefficient (Wildman–Crippen LogP) is 3.45. The first-order valence-corrected chi connectivity index (χ1v) is 7.02. The largest absolute Gasteiger partial charge is 0.444 e. The van der Waals surface area contributed by atoms with Crippen molar-refractivity contribution in [2.24, 2.45) is 0 Å². The Morgan fingerprint density at radius 2 is 2.11 bits per heavy atom. The van der Waals surface area contributed by atoms with E-state index in [-0.39, 0.29) is 6.04 Å². The van der Waals surface area contributed by atoms with Gasteiger partial charge < -0.3 is 15.2 Å². The number of hydrogen-bond acceptors (Lipinski definition) is 3. The van der Waals surface area contributed by atoms with E-state index in [1.165, 1.54) is 0 Å². The van der Waals surface area contributed by atoms with Crippen molar-refractivity contribution in [2.75, 3.05) is 0 Å². The lowest BCUT2D eigenvalue weighted by Crippen LogP contribution is -2.34. The average Bonchev–Trinajstić information content (AvgIpc) is 2.52. The summed E-state index contributed by atoms with van der Waals surface area (Å²) in [6.45, 7) is 5.46. The summed E-state index contributed by atoms with van der Waals surface area (Å²) in [5.74, 6) is 0. The summed E-state index contributed by atoms with van der Waals surface area (Å²) in [5.41, 5.74) is 1.28. The van der Waals surface area contributed by atoms with Crippen molar-refractivity contribution < 1.29 is 14.6 Å². The highest BCUT2D eigenvalue weighted by Gasteiger charge is 2.31. The maximum atomic E-state index is 11.8. The van der Waals surface area contributed by atoms with Gasteiger partial charge in [0.15, 0.2) is 0 Å². The summed E-state index contributed by atoms with van der Waals surface area (Å²) in [7, 11) is 0. The third kappa shape index (κ3) is 3.48. The number of carbonyl (C=O) groups excluding carboxylic acids is 1. The van der Waals surface area contributed by atoms with Crippen LogP contribution >= 0.6 is 15.9 Å². The number of halogens is 1. The first kappa shape index (κ1) is 14.3. The zero-order valence-electron chi connectivity index (χ0n) is 11.2. The van der Waals surface area contributed by atoms with Gasteiger partial charge in [-0.15, -0.1) is 0 Å². The predicted molar refractivity (Wildman–Crippen MR) is 75.8 cm³/mol. The number of aliphatic hydroxyl groups excluding tert-OH is 1. The molecule has 0 spiro atoms. The van der Waals surface area contributed by atoms with Crippen LogP contribution in [0.1, 0.15) is 50.5 Å². The smallest absolute Gasteiger partial charge is 0.408 e. The molecule has 0 heterocycles. The van der Waals surface area contributed by atoms with Gasteiger partial charge in [-0.2, -0.15) is 0 Å². The standard InChI is InChI=1S/C14H18BrNO3/c1-14(2,3)19-13(18)16-11-7-12(17)10-6-8(15)4-5-9(10)11/h4-6,11-12,17H,7H2,1-3H3,(H,16,18)/t11-,12?/m0/s1. The van der Waals surface area contributed by atoms with Gasteiger partial charge >= 0.3 is 6.09 Å². The first-order chi connectivity index (χ1) is 8.76. The molecular formula is C14H18BrNO3. The molecule has 2 atom stereocenters. The number of carbonyl (C=O) groups is 1. The number of benzene rings is 1. The fourth-order valence-electron chi connectivity index (χ4n) is 2.22. The molecule has 19 heavy (non-hydrogen) atoms. The molecule has 0 bridgehead atoms. The lowest BCUT2D eigenvalue weighted by atomic mass is 10.1. The van der Waals surface area contributed by atoms with Gasteiger partial charge in [-0.25, -0.2) is 4.79 Å². The Bertz CT molecular complexity index is 496. The zero-order chi connectivity index (χ0) is 14.2.